The molecule has 3 N–H and O–H groups in total. The van der Waals surface area contributed by atoms with Crippen LogP contribution in [-0.2, 0) is 16.1 Å². The Kier molecular flexibility index (Phi) is 6.48. The first-order chi connectivity index (χ1) is 9.93. The number of hydrogen-bond donors (Lipinski definition) is 3. The number of halogens is 1. The van der Waals surface area contributed by atoms with E-state index in [9.17, 15) is 14.4 Å². The molecule has 0 unspecified atom stereocenters. The Morgan fingerprint density at radius 1 is 1.29 bits per heavy atom. The van der Waals surface area contributed by atoms with Crippen LogP contribution in [0, 0.1) is 0 Å². The molecule has 21 heavy (non-hydrogen) atoms. The number of rotatable bonds is 6. The van der Waals surface area contributed by atoms with E-state index >= 15 is 0 Å². The van der Waals surface area contributed by atoms with E-state index in [2.05, 4.69) is 5.32 Å². The topological polar surface area (TPSA) is 105 Å². The molecule has 0 aliphatic rings. The van der Waals surface area contributed by atoms with Gasteiger partial charge in [0.15, 0.2) is 0 Å². The van der Waals surface area contributed by atoms with Gasteiger partial charge in [-0.15, -0.1) is 0 Å². The minimum absolute atomic E-state index is 0.0703. The van der Waals surface area contributed by atoms with Crippen molar-refractivity contribution < 1.29 is 24.2 Å². The molecule has 0 spiro atoms. The van der Waals surface area contributed by atoms with Crippen molar-refractivity contribution in [3.05, 3.63) is 28.8 Å². The second-order valence-electron chi connectivity index (χ2n) is 4.05. The molecule has 0 fully saturated rings. The van der Waals surface area contributed by atoms with Crippen LogP contribution < -0.4 is 15.4 Å². The molecule has 8 heteroatoms. The molecule has 114 valence electrons. The van der Waals surface area contributed by atoms with Gasteiger partial charge >= 0.3 is 12.0 Å². The fourth-order valence-corrected chi connectivity index (χ4v) is 1.76. The number of imide groups is 1. The third-order valence-corrected chi connectivity index (χ3v) is 2.89. The average Bonchev–Trinajstić information content (AvgIpc) is 2.43. The van der Waals surface area contributed by atoms with Crippen molar-refractivity contribution in [2.75, 3.05) is 7.11 Å². The van der Waals surface area contributed by atoms with E-state index < -0.39 is 17.9 Å². The largest absolute Gasteiger partial charge is 0.496 e. The Bertz CT molecular complexity index is 547. The van der Waals surface area contributed by atoms with Gasteiger partial charge < -0.3 is 15.2 Å². The molecule has 0 radical (unpaired) electrons. The van der Waals surface area contributed by atoms with E-state index in [0.717, 1.165) is 0 Å². The summed E-state index contributed by atoms with van der Waals surface area (Å²) in [6, 6.07) is 4.32. The first kappa shape index (κ1) is 16.8. The number of carbonyl (C=O) groups is 3. The molecule has 7 nitrogen and oxygen atoms in total. The molecule has 0 aliphatic carbocycles. The fourth-order valence-electron chi connectivity index (χ4n) is 1.52. The summed E-state index contributed by atoms with van der Waals surface area (Å²) < 4.78 is 5.12. The summed E-state index contributed by atoms with van der Waals surface area (Å²) in [5.74, 6) is -1.26. The van der Waals surface area contributed by atoms with Gasteiger partial charge in [0.05, 0.1) is 13.5 Å². The number of nitrogens with one attached hydrogen (secondary N) is 2. The van der Waals surface area contributed by atoms with Crippen molar-refractivity contribution >= 4 is 29.5 Å². The highest BCUT2D eigenvalue weighted by atomic mass is 35.5. The number of methoxy groups -OCH3 is 1. The number of ether oxygens (including phenoxy) is 1. The van der Waals surface area contributed by atoms with Gasteiger partial charge in [0.25, 0.3) is 0 Å². The van der Waals surface area contributed by atoms with Gasteiger partial charge in [0.2, 0.25) is 5.91 Å². The lowest BCUT2D eigenvalue weighted by Crippen LogP contribution is -2.39. The molecule has 1 rings (SSSR count). The SMILES string of the molecule is COc1cccc(Cl)c1CNC(=O)NC(=O)CCC(=O)O. The Hall–Kier alpha value is -2.28. The highest BCUT2D eigenvalue weighted by Crippen LogP contribution is 2.25. The van der Waals surface area contributed by atoms with Crippen LogP contribution in [0.4, 0.5) is 4.79 Å². The number of aliphatic carboxylic acids is 1. The first-order valence-electron chi connectivity index (χ1n) is 6.05. The number of urea groups is 1. The van der Waals surface area contributed by atoms with E-state index in [1.54, 1.807) is 18.2 Å². The molecule has 1 aromatic rings. The number of carboxylic acids is 1. The van der Waals surface area contributed by atoms with Gasteiger partial charge in [0.1, 0.15) is 5.75 Å². The van der Waals surface area contributed by atoms with Crippen LogP contribution in [0.1, 0.15) is 18.4 Å². The van der Waals surface area contributed by atoms with Gasteiger partial charge in [-0.05, 0) is 12.1 Å². The van der Waals surface area contributed by atoms with E-state index in [1.807, 2.05) is 5.32 Å². The molecule has 0 saturated heterocycles. The second kappa shape index (κ2) is 8.11. The quantitative estimate of drug-likeness (QED) is 0.738. The lowest BCUT2D eigenvalue weighted by molar-refractivity contribution is -0.138. The van der Waals surface area contributed by atoms with Crippen LogP contribution in [0.15, 0.2) is 18.2 Å². The fraction of sp³-hybridized carbons (Fsp3) is 0.308. The van der Waals surface area contributed by atoms with Gasteiger partial charge in [-0.25, -0.2) is 4.79 Å². The number of benzene rings is 1. The van der Waals surface area contributed by atoms with Crippen molar-refractivity contribution in [3.63, 3.8) is 0 Å². The molecule has 0 aromatic heterocycles. The summed E-state index contributed by atoms with van der Waals surface area (Å²) >= 11 is 6.00. The van der Waals surface area contributed by atoms with Crippen molar-refractivity contribution in [2.24, 2.45) is 0 Å². The minimum Gasteiger partial charge on any atom is -0.496 e. The van der Waals surface area contributed by atoms with E-state index in [0.29, 0.717) is 16.3 Å². The number of hydrogen-bond acceptors (Lipinski definition) is 4. The van der Waals surface area contributed by atoms with Crippen LogP contribution in [0.25, 0.3) is 0 Å². The molecule has 3 amide bonds. The predicted octanol–water partition coefficient (Wildman–Crippen LogP) is 1.54. The van der Waals surface area contributed by atoms with Crippen LogP contribution in [-0.4, -0.2) is 30.1 Å². The molecule has 0 aliphatic heterocycles. The van der Waals surface area contributed by atoms with Crippen molar-refractivity contribution in [2.45, 2.75) is 19.4 Å². The average molecular weight is 315 g/mol. The Labute approximate surface area is 126 Å². The van der Waals surface area contributed by atoms with E-state index in [-0.39, 0.29) is 19.4 Å². The summed E-state index contributed by atoms with van der Waals surface area (Å²) in [6.45, 7) is 0.0703. The molecular weight excluding hydrogens is 300 g/mol. The first-order valence-corrected chi connectivity index (χ1v) is 6.42. The predicted molar refractivity (Wildman–Crippen MR) is 75.3 cm³/mol. The molecule has 0 bridgehead atoms. The number of carboxylic acid groups (broad SMARTS) is 1. The standard InChI is InChI=1S/C13H15ClN2O5/c1-21-10-4-2-3-9(14)8(10)7-15-13(20)16-11(17)5-6-12(18)19/h2-4H,5-7H2,1H3,(H,18,19)(H2,15,16,17,20). The van der Waals surface area contributed by atoms with Crippen LogP contribution in [0.5, 0.6) is 5.75 Å². The van der Waals surface area contributed by atoms with Crippen molar-refractivity contribution in [1.29, 1.82) is 0 Å². The molecular formula is C13H15ClN2O5. The Morgan fingerprint density at radius 3 is 2.62 bits per heavy atom. The summed E-state index contributed by atoms with van der Waals surface area (Å²) in [5, 5.41) is 13.3. The lowest BCUT2D eigenvalue weighted by Gasteiger charge is -2.11. The summed E-state index contributed by atoms with van der Waals surface area (Å²) in [5.41, 5.74) is 0.579. The number of amides is 3. The maximum atomic E-state index is 11.5. The minimum atomic E-state index is -1.11. The summed E-state index contributed by atoms with van der Waals surface area (Å²) in [7, 11) is 1.48. The van der Waals surface area contributed by atoms with Crippen LogP contribution in [0.3, 0.4) is 0 Å². The Morgan fingerprint density at radius 2 is 2.00 bits per heavy atom. The lowest BCUT2D eigenvalue weighted by atomic mass is 10.2. The van der Waals surface area contributed by atoms with Crippen molar-refractivity contribution in [3.8, 4) is 5.75 Å². The van der Waals surface area contributed by atoms with Crippen molar-refractivity contribution in [1.82, 2.24) is 10.6 Å². The van der Waals surface area contributed by atoms with Gasteiger partial charge in [-0.2, -0.15) is 0 Å². The van der Waals surface area contributed by atoms with E-state index in [1.165, 1.54) is 7.11 Å². The zero-order chi connectivity index (χ0) is 15.8. The van der Waals surface area contributed by atoms with Gasteiger partial charge in [0, 0.05) is 23.6 Å². The van der Waals surface area contributed by atoms with Crippen LogP contribution in [0.2, 0.25) is 5.02 Å². The molecule has 0 atom stereocenters. The number of carbonyl (C=O) groups excluding carboxylic acids is 2. The molecule has 0 saturated carbocycles. The maximum Gasteiger partial charge on any atom is 0.321 e. The van der Waals surface area contributed by atoms with E-state index in [4.69, 9.17) is 21.4 Å². The normalized spacial score (nSPS) is 9.81. The highest BCUT2D eigenvalue weighted by molar-refractivity contribution is 6.31. The molecule has 0 heterocycles. The summed E-state index contributed by atoms with van der Waals surface area (Å²) in [4.78, 5) is 33.1. The third kappa shape index (κ3) is 5.70. The van der Waals surface area contributed by atoms with Crippen LogP contribution >= 0.6 is 11.6 Å². The second-order valence-corrected chi connectivity index (χ2v) is 4.45. The molecule has 1 aromatic carbocycles. The smallest absolute Gasteiger partial charge is 0.321 e. The zero-order valence-electron chi connectivity index (χ0n) is 11.3. The maximum absolute atomic E-state index is 11.5. The highest BCUT2D eigenvalue weighted by Gasteiger charge is 2.12. The van der Waals surface area contributed by atoms with Gasteiger partial charge in [-0.1, -0.05) is 17.7 Å². The zero-order valence-corrected chi connectivity index (χ0v) is 12.1. The summed E-state index contributed by atoms with van der Waals surface area (Å²) in [6.07, 6.45) is -0.602. The Balaban J connectivity index is 2.50. The monoisotopic (exact) mass is 314 g/mol. The third-order valence-electron chi connectivity index (χ3n) is 2.54. The van der Waals surface area contributed by atoms with Gasteiger partial charge in [-0.3, -0.25) is 14.9 Å².